The lowest BCUT2D eigenvalue weighted by atomic mass is 10.1. The van der Waals surface area contributed by atoms with Crippen LogP contribution in [-0.4, -0.2) is 16.1 Å². The molecule has 0 saturated heterocycles. The van der Waals surface area contributed by atoms with Crippen LogP contribution in [0.3, 0.4) is 0 Å². The Morgan fingerprint density at radius 3 is 2.63 bits per heavy atom. The van der Waals surface area contributed by atoms with Crippen LogP contribution in [0.1, 0.15) is 51.4 Å². The summed E-state index contributed by atoms with van der Waals surface area (Å²) in [6.45, 7) is 7.22. The van der Waals surface area contributed by atoms with Gasteiger partial charge in [-0.05, 0) is 52.5 Å². The van der Waals surface area contributed by atoms with Gasteiger partial charge in [-0.1, -0.05) is 6.07 Å². The highest BCUT2D eigenvalue weighted by molar-refractivity contribution is 5.74. The minimum absolute atomic E-state index is 0.126. The van der Waals surface area contributed by atoms with Gasteiger partial charge >= 0.3 is 5.97 Å². The molecule has 0 amide bonds. The second-order valence-corrected chi connectivity index (χ2v) is 6.08. The molecule has 1 unspecified atom stereocenters. The van der Waals surface area contributed by atoms with Crippen LogP contribution in [0.2, 0.25) is 0 Å². The van der Waals surface area contributed by atoms with Gasteiger partial charge < -0.3 is 4.74 Å². The number of nitrogens with zero attached hydrogens (tertiary/aromatic N) is 1. The first-order valence-electron chi connectivity index (χ1n) is 6.76. The predicted molar refractivity (Wildman–Crippen MR) is 73.3 cm³/mol. The first-order chi connectivity index (χ1) is 8.79. The number of carbonyl (C=O) groups excluding carboxylic acids is 1. The predicted octanol–water partition coefficient (Wildman–Crippen LogP) is 2.24. The minimum atomic E-state index is -0.570. The Labute approximate surface area is 113 Å². The van der Waals surface area contributed by atoms with Gasteiger partial charge in [0.1, 0.15) is 11.6 Å². The number of pyridine rings is 1. The van der Waals surface area contributed by atoms with Gasteiger partial charge in [-0.3, -0.25) is 9.36 Å². The summed E-state index contributed by atoms with van der Waals surface area (Å²) >= 11 is 0. The quantitative estimate of drug-likeness (QED) is 0.769. The lowest BCUT2D eigenvalue weighted by molar-refractivity contribution is -0.158. The summed E-state index contributed by atoms with van der Waals surface area (Å²) in [4.78, 5) is 24.2. The van der Waals surface area contributed by atoms with Crippen molar-refractivity contribution in [2.75, 3.05) is 0 Å². The summed E-state index contributed by atoms with van der Waals surface area (Å²) < 4.78 is 6.96. The molecule has 2 rings (SSSR count). The zero-order valence-electron chi connectivity index (χ0n) is 12.0. The Balaban J connectivity index is 2.35. The number of aromatic nitrogens is 1. The highest BCUT2D eigenvalue weighted by Gasteiger charge is 2.27. The Hall–Kier alpha value is -1.58. The molecule has 0 aromatic carbocycles. The van der Waals surface area contributed by atoms with Crippen LogP contribution < -0.4 is 5.56 Å². The van der Waals surface area contributed by atoms with Crippen molar-refractivity contribution < 1.29 is 9.53 Å². The monoisotopic (exact) mass is 263 g/mol. The standard InChI is InChI=1S/C15H21NO3/c1-10(14(18)19-15(2,3)4)16-12-7-5-6-11(12)8-9-13(16)17/h8-10H,5-7H2,1-4H3. The maximum absolute atomic E-state index is 12.1. The minimum Gasteiger partial charge on any atom is -0.458 e. The molecule has 0 radical (unpaired) electrons. The fraction of sp³-hybridized carbons (Fsp3) is 0.600. The second-order valence-electron chi connectivity index (χ2n) is 6.08. The average molecular weight is 263 g/mol. The summed E-state index contributed by atoms with van der Waals surface area (Å²) in [7, 11) is 0. The normalized spacial score (nSPS) is 16.0. The van der Waals surface area contributed by atoms with E-state index in [0.29, 0.717) is 0 Å². The first kappa shape index (κ1) is 13.8. The number of esters is 1. The summed E-state index contributed by atoms with van der Waals surface area (Å²) in [6, 6.07) is 2.85. The van der Waals surface area contributed by atoms with E-state index in [1.165, 1.54) is 5.56 Å². The SMILES string of the molecule is CC(C(=O)OC(C)(C)C)n1c2c(ccc1=O)CCC2. The largest absolute Gasteiger partial charge is 0.458 e. The van der Waals surface area contributed by atoms with E-state index in [9.17, 15) is 9.59 Å². The zero-order chi connectivity index (χ0) is 14.2. The van der Waals surface area contributed by atoms with Crippen LogP contribution in [0.25, 0.3) is 0 Å². The van der Waals surface area contributed by atoms with Gasteiger partial charge in [0.25, 0.3) is 5.56 Å². The Morgan fingerprint density at radius 1 is 1.32 bits per heavy atom. The van der Waals surface area contributed by atoms with Gasteiger partial charge in [-0.25, -0.2) is 4.79 Å². The Morgan fingerprint density at radius 2 is 2.00 bits per heavy atom. The smallest absolute Gasteiger partial charge is 0.329 e. The molecule has 4 nitrogen and oxygen atoms in total. The molecule has 1 aliphatic rings. The van der Waals surface area contributed by atoms with E-state index in [0.717, 1.165) is 25.0 Å². The Kier molecular flexibility index (Phi) is 3.52. The molecule has 0 saturated carbocycles. The van der Waals surface area contributed by atoms with Crippen molar-refractivity contribution in [3.8, 4) is 0 Å². The van der Waals surface area contributed by atoms with Crippen molar-refractivity contribution in [3.05, 3.63) is 33.7 Å². The van der Waals surface area contributed by atoms with Crippen LogP contribution in [0.5, 0.6) is 0 Å². The molecule has 1 heterocycles. The van der Waals surface area contributed by atoms with Gasteiger partial charge in [0, 0.05) is 11.8 Å². The third-order valence-corrected chi connectivity index (χ3v) is 3.32. The topological polar surface area (TPSA) is 48.3 Å². The third kappa shape index (κ3) is 2.88. The molecule has 0 aliphatic heterocycles. The summed E-state index contributed by atoms with van der Waals surface area (Å²) in [5.74, 6) is -0.352. The third-order valence-electron chi connectivity index (χ3n) is 3.32. The van der Waals surface area contributed by atoms with Gasteiger partial charge in [0.05, 0.1) is 0 Å². The highest BCUT2D eigenvalue weighted by atomic mass is 16.6. The average Bonchev–Trinajstić information content (AvgIpc) is 2.73. The second kappa shape index (κ2) is 4.83. The van der Waals surface area contributed by atoms with Crippen LogP contribution in [0.15, 0.2) is 16.9 Å². The number of hydrogen-bond donors (Lipinski definition) is 0. The molecule has 0 fully saturated rings. The van der Waals surface area contributed by atoms with Crippen LogP contribution in [0, 0.1) is 0 Å². The lowest BCUT2D eigenvalue weighted by Crippen LogP contribution is -2.34. The van der Waals surface area contributed by atoms with E-state index in [2.05, 4.69) is 0 Å². The van der Waals surface area contributed by atoms with Crippen molar-refractivity contribution in [1.29, 1.82) is 0 Å². The van der Waals surface area contributed by atoms with Crippen molar-refractivity contribution in [1.82, 2.24) is 4.57 Å². The van der Waals surface area contributed by atoms with Crippen molar-refractivity contribution >= 4 is 5.97 Å². The van der Waals surface area contributed by atoms with Crippen LogP contribution in [-0.2, 0) is 22.4 Å². The van der Waals surface area contributed by atoms with Crippen molar-refractivity contribution in [3.63, 3.8) is 0 Å². The van der Waals surface area contributed by atoms with E-state index >= 15 is 0 Å². The fourth-order valence-electron chi connectivity index (χ4n) is 2.51. The molecular weight excluding hydrogens is 242 g/mol. The molecule has 1 aromatic rings. The number of carbonyl (C=O) groups is 1. The molecule has 0 bridgehead atoms. The number of hydrogen-bond acceptors (Lipinski definition) is 3. The zero-order valence-corrected chi connectivity index (χ0v) is 12.0. The molecule has 0 spiro atoms. The fourth-order valence-corrected chi connectivity index (χ4v) is 2.51. The first-order valence-corrected chi connectivity index (χ1v) is 6.76. The van der Waals surface area contributed by atoms with E-state index in [1.807, 2.05) is 26.8 Å². The number of ether oxygens (including phenoxy) is 1. The van der Waals surface area contributed by atoms with Crippen molar-refractivity contribution in [2.24, 2.45) is 0 Å². The van der Waals surface area contributed by atoms with Gasteiger partial charge in [0.15, 0.2) is 0 Å². The van der Waals surface area contributed by atoms with Gasteiger partial charge in [0.2, 0.25) is 0 Å². The summed E-state index contributed by atoms with van der Waals surface area (Å²) in [5.41, 5.74) is 1.51. The van der Waals surface area contributed by atoms with Crippen molar-refractivity contribution in [2.45, 2.75) is 58.6 Å². The maximum Gasteiger partial charge on any atom is 0.329 e. The maximum atomic E-state index is 12.1. The van der Waals surface area contributed by atoms with E-state index < -0.39 is 11.6 Å². The van der Waals surface area contributed by atoms with Crippen LogP contribution in [0.4, 0.5) is 0 Å². The molecule has 0 N–H and O–H groups in total. The summed E-state index contributed by atoms with van der Waals surface area (Å²) in [5, 5.41) is 0. The lowest BCUT2D eigenvalue weighted by Gasteiger charge is -2.24. The molecular formula is C15H21NO3. The molecule has 1 aliphatic carbocycles. The highest BCUT2D eigenvalue weighted by Crippen LogP contribution is 2.23. The molecule has 1 atom stereocenters. The molecule has 1 aromatic heterocycles. The van der Waals surface area contributed by atoms with Gasteiger partial charge in [-0.2, -0.15) is 0 Å². The summed E-state index contributed by atoms with van der Waals surface area (Å²) in [6.07, 6.45) is 2.88. The number of fused-ring (bicyclic) bond motifs is 1. The molecule has 4 heteroatoms. The van der Waals surface area contributed by atoms with E-state index in [4.69, 9.17) is 4.74 Å². The Bertz CT molecular complexity index is 551. The van der Waals surface area contributed by atoms with Crippen LogP contribution >= 0.6 is 0 Å². The molecule has 19 heavy (non-hydrogen) atoms. The van der Waals surface area contributed by atoms with E-state index in [-0.39, 0.29) is 11.5 Å². The van der Waals surface area contributed by atoms with Gasteiger partial charge in [-0.15, -0.1) is 0 Å². The number of aryl methyl sites for hydroxylation is 1. The number of rotatable bonds is 2. The molecule has 104 valence electrons. The van der Waals surface area contributed by atoms with E-state index in [1.54, 1.807) is 17.6 Å².